The lowest BCUT2D eigenvalue weighted by molar-refractivity contribution is -0.132. The topological polar surface area (TPSA) is 85.7 Å². The second-order valence-electron chi connectivity index (χ2n) is 9.55. The highest BCUT2D eigenvalue weighted by atomic mass is 35.5. The summed E-state index contributed by atoms with van der Waals surface area (Å²) >= 11 is 6.13. The Kier molecular flexibility index (Phi) is 8.13. The zero-order valence-corrected chi connectivity index (χ0v) is 23.2. The van der Waals surface area contributed by atoms with Crippen molar-refractivity contribution in [3.05, 3.63) is 136 Å². The minimum Gasteiger partial charge on any atom is -0.489 e. The van der Waals surface area contributed by atoms with E-state index in [2.05, 4.69) is 4.98 Å². The summed E-state index contributed by atoms with van der Waals surface area (Å²) < 4.78 is 12.3. The van der Waals surface area contributed by atoms with Crippen LogP contribution in [0.4, 0.5) is 0 Å². The van der Waals surface area contributed by atoms with E-state index in [9.17, 15) is 9.59 Å². The van der Waals surface area contributed by atoms with Gasteiger partial charge in [0.2, 0.25) is 0 Å². The highest BCUT2D eigenvalue weighted by Crippen LogP contribution is 2.36. The van der Waals surface area contributed by atoms with Gasteiger partial charge in [-0.3, -0.25) is 9.78 Å². The highest BCUT2D eigenvalue weighted by molar-refractivity contribution is 6.30. The van der Waals surface area contributed by atoms with Crippen LogP contribution in [0.2, 0.25) is 5.02 Å². The van der Waals surface area contributed by atoms with Crippen molar-refractivity contribution in [2.45, 2.75) is 20.5 Å². The predicted octanol–water partition coefficient (Wildman–Crippen LogP) is 8.29. The van der Waals surface area contributed by atoms with Gasteiger partial charge in [-0.2, -0.15) is 0 Å². The second-order valence-corrected chi connectivity index (χ2v) is 9.98. The maximum Gasteiger partial charge on any atom is 0.331 e. The number of aryl methyl sites for hydroxylation is 1. The molecule has 0 unspecified atom stereocenters. The molecule has 0 aliphatic heterocycles. The van der Waals surface area contributed by atoms with E-state index in [1.807, 2.05) is 55.5 Å². The Morgan fingerprint density at radius 3 is 2.34 bits per heavy atom. The number of carboxylic acid groups (broad SMARTS) is 1. The predicted molar refractivity (Wildman–Crippen MR) is 160 cm³/mol. The summed E-state index contributed by atoms with van der Waals surface area (Å²) in [5, 5.41) is 10.4. The number of benzene rings is 4. The first-order chi connectivity index (χ1) is 19.8. The number of hydrogen-bond acceptors (Lipinski definition) is 5. The standard InChI is InChI=1S/C34H26ClNO5/c1-21-17-25(35)10-14-28(21)32(37)30-19-36-31-18-27(40-20-24-6-4-3-5-7-24)13-15-29(31)33(30)41-26-11-8-23(9-12-26)16-22(2)34(38)39/h3-19H,20H2,1-2H3,(H,38,39)/b22-16+. The van der Waals surface area contributed by atoms with Crippen molar-refractivity contribution < 1.29 is 24.2 Å². The summed E-state index contributed by atoms with van der Waals surface area (Å²) in [6.45, 7) is 3.77. The fourth-order valence-corrected chi connectivity index (χ4v) is 4.57. The lowest BCUT2D eigenvalue weighted by Gasteiger charge is -2.15. The van der Waals surface area contributed by atoms with Gasteiger partial charge >= 0.3 is 5.97 Å². The fraction of sp³-hybridized carbons (Fsp3) is 0.0882. The summed E-state index contributed by atoms with van der Waals surface area (Å²) in [4.78, 5) is 29.5. The number of aromatic nitrogens is 1. The first-order valence-electron chi connectivity index (χ1n) is 12.9. The number of hydrogen-bond donors (Lipinski definition) is 1. The molecule has 0 aliphatic rings. The fourth-order valence-electron chi connectivity index (χ4n) is 4.34. The minimum absolute atomic E-state index is 0.218. The van der Waals surface area contributed by atoms with Crippen LogP contribution >= 0.6 is 11.6 Å². The molecular formula is C34H26ClNO5. The van der Waals surface area contributed by atoms with E-state index < -0.39 is 5.97 Å². The number of ketones is 1. The van der Waals surface area contributed by atoms with E-state index >= 15 is 0 Å². The summed E-state index contributed by atoms with van der Waals surface area (Å²) in [5.74, 6) is 0.242. The highest BCUT2D eigenvalue weighted by Gasteiger charge is 2.21. The molecule has 0 bridgehead atoms. The van der Waals surface area contributed by atoms with E-state index in [-0.39, 0.29) is 11.4 Å². The maximum atomic E-state index is 13.7. The van der Waals surface area contributed by atoms with E-state index in [0.29, 0.717) is 56.5 Å². The average Bonchev–Trinajstić information content (AvgIpc) is 2.97. The molecular weight excluding hydrogens is 538 g/mol. The van der Waals surface area contributed by atoms with Gasteiger partial charge in [0.15, 0.2) is 5.78 Å². The molecule has 0 saturated carbocycles. The molecule has 6 nitrogen and oxygen atoms in total. The Bertz CT molecular complexity index is 1780. The third kappa shape index (κ3) is 6.45. The van der Waals surface area contributed by atoms with Gasteiger partial charge < -0.3 is 14.6 Å². The molecule has 1 N–H and O–H groups in total. The molecule has 0 aliphatic carbocycles. The third-order valence-electron chi connectivity index (χ3n) is 6.54. The molecule has 0 atom stereocenters. The number of aliphatic carboxylic acids is 1. The second kappa shape index (κ2) is 12.1. The van der Waals surface area contributed by atoms with Gasteiger partial charge in [0.05, 0.1) is 11.1 Å². The van der Waals surface area contributed by atoms with E-state index in [1.165, 1.54) is 13.1 Å². The molecule has 0 spiro atoms. The van der Waals surface area contributed by atoms with Crippen molar-refractivity contribution >= 4 is 40.3 Å². The molecule has 0 saturated heterocycles. The lowest BCUT2D eigenvalue weighted by Crippen LogP contribution is -2.07. The third-order valence-corrected chi connectivity index (χ3v) is 6.77. The number of rotatable bonds is 9. The molecule has 41 heavy (non-hydrogen) atoms. The number of fused-ring (bicyclic) bond motifs is 1. The van der Waals surface area contributed by atoms with Gasteiger partial charge in [0, 0.05) is 33.8 Å². The van der Waals surface area contributed by atoms with Gasteiger partial charge in [0.1, 0.15) is 23.9 Å². The number of carbonyl (C=O) groups is 2. The molecule has 5 aromatic rings. The van der Waals surface area contributed by atoms with Crippen LogP contribution in [0.1, 0.15) is 39.5 Å². The van der Waals surface area contributed by atoms with E-state index in [1.54, 1.807) is 48.5 Å². The minimum atomic E-state index is -0.985. The average molecular weight is 564 g/mol. The van der Waals surface area contributed by atoms with Gasteiger partial charge in [-0.15, -0.1) is 0 Å². The van der Waals surface area contributed by atoms with Crippen molar-refractivity contribution in [3.63, 3.8) is 0 Å². The maximum absolute atomic E-state index is 13.7. The van der Waals surface area contributed by atoms with Crippen molar-refractivity contribution in [2.24, 2.45) is 0 Å². The lowest BCUT2D eigenvalue weighted by atomic mass is 9.98. The van der Waals surface area contributed by atoms with Crippen LogP contribution in [0.15, 0.2) is 103 Å². The molecule has 204 valence electrons. The number of pyridine rings is 1. The van der Waals surface area contributed by atoms with E-state index in [4.69, 9.17) is 26.2 Å². The van der Waals surface area contributed by atoms with Crippen LogP contribution in [-0.2, 0) is 11.4 Å². The van der Waals surface area contributed by atoms with Gasteiger partial charge in [-0.25, -0.2) is 4.79 Å². The van der Waals surface area contributed by atoms with Crippen LogP contribution in [-0.4, -0.2) is 21.8 Å². The van der Waals surface area contributed by atoms with Crippen LogP contribution < -0.4 is 9.47 Å². The van der Waals surface area contributed by atoms with Crippen molar-refractivity contribution in [2.75, 3.05) is 0 Å². The quantitative estimate of drug-likeness (QED) is 0.143. The first kappa shape index (κ1) is 27.6. The summed E-state index contributed by atoms with van der Waals surface area (Å²) in [5.41, 5.74) is 4.11. The summed E-state index contributed by atoms with van der Waals surface area (Å²) in [6.07, 6.45) is 3.09. The Balaban J connectivity index is 1.53. The van der Waals surface area contributed by atoms with Crippen LogP contribution in [0, 0.1) is 6.92 Å². The van der Waals surface area contributed by atoms with Crippen molar-refractivity contribution in [1.29, 1.82) is 0 Å². The number of carboxylic acids is 1. The van der Waals surface area contributed by atoms with Crippen LogP contribution in [0.5, 0.6) is 17.2 Å². The Labute approximate surface area is 242 Å². The van der Waals surface area contributed by atoms with E-state index in [0.717, 1.165) is 11.1 Å². The zero-order chi connectivity index (χ0) is 28.9. The molecule has 0 radical (unpaired) electrons. The molecule has 1 heterocycles. The Morgan fingerprint density at radius 2 is 1.63 bits per heavy atom. The molecule has 1 aromatic heterocycles. The van der Waals surface area contributed by atoms with Gasteiger partial charge in [-0.1, -0.05) is 54.1 Å². The molecule has 4 aromatic carbocycles. The van der Waals surface area contributed by atoms with Gasteiger partial charge in [0.25, 0.3) is 0 Å². The van der Waals surface area contributed by atoms with Crippen molar-refractivity contribution in [1.82, 2.24) is 4.98 Å². The first-order valence-corrected chi connectivity index (χ1v) is 13.3. The summed E-state index contributed by atoms with van der Waals surface area (Å²) in [7, 11) is 0. The molecule has 0 fully saturated rings. The number of ether oxygens (including phenoxy) is 2. The largest absolute Gasteiger partial charge is 0.489 e. The summed E-state index contributed by atoms with van der Waals surface area (Å²) in [6, 6.07) is 27.4. The number of halogens is 1. The number of carbonyl (C=O) groups excluding carboxylic acids is 1. The molecule has 0 amide bonds. The Morgan fingerprint density at radius 1 is 0.902 bits per heavy atom. The Hall–Kier alpha value is -4.94. The van der Waals surface area contributed by atoms with Crippen molar-refractivity contribution in [3.8, 4) is 17.2 Å². The molecule has 5 rings (SSSR count). The zero-order valence-electron chi connectivity index (χ0n) is 22.4. The molecule has 7 heteroatoms. The number of nitrogens with zero attached hydrogens (tertiary/aromatic N) is 1. The monoisotopic (exact) mass is 563 g/mol. The smallest absolute Gasteiger partial charge is 0.331 e. The normalized spacial score (nSPS) is 11.3. The van der Waals surface area contributed by atoms with Crippen LogP contribution in [0.3, 0.4) is 0 Å². The van der Waals surface area contributed by atoms with Gasteiger partial charge in [-0.05, 0) is 79.1 Å². The SMILES string of the molecule is C/C(=C\c1ccc(Oc2c(C(=O)c3ccc(Cl)cc3C)cnc3cc(OCc4ccccc4)ccc23)cc1)C(=O)O. The van der Waals surface area contributed by atoms with Crippen LogP contribution in [0.25, 0.3) is 17.0 Å².